The van der Waals surface area contributed by atoms with E-state index in [2.05, 4.69) is 4.74 Å². The number of rotatable bonds is 7. The molecule has 0 fully saturated rings. The van der Waals surface area contributed by atoms with Crippen molar-refractivity contribution < 1.29 is 22.7 Å². The molecule has 2 N–H and O–H groups in total. The fourth-order valence-corrected chi connectivity index (χ4v) is 2.93. The molecule has 0 aliphatic carbocycles. The van der Waals surface area contributed by atoms with Crippen LogP contribution < -0.4 is 10.5 Å². The number of carbonyl (C=O) groups is 1. The lowest BCUT2D eigenvalue weighted by molar-refractivity contribution is -0.140. The first-order valence-electron chi connectivity index (χ1n) is 6.29. The quantitative estimate of drug-likeness (QED) is 0.591. The van der Waals surface area contributed by atoms with E-state index in [1.165, 1.54) is 43.8 Å². The van der Waals surface area contributed by atoms with Crippen molar-refractivity contribution in [3.05, 3.63) is 18.2 Å². The summed E-state index contributed by atoms with van der Waals surface area (Å²) in [7, 11) is 0.520. The van der Waals surface area contributed by atoms with Crippen molar-refractivity contribution in [1.29, 1.82) is 0 Å². The number of anilines is 1. The first-order valence-corrected chi connectivity index (χ1v) is 7.73. The van der Waals surface area contributed by atoms with E-state index in [1.54, 1.807) is 0 Å². The normalized spacial score (nSPS) is 11.4. The zero-order chi connectivity index (χ0) is 16.0. The second kappa shape index (κ2) is 7.28. The average Bonchev–Trinajstić information content (AvgIpc) is 2.46. The molecule has 0 aliphatic heterocycles. The maximum Gasteiger partial charge on any atom is 0.305 e. The van der Waals surface area contributed by atoms with Crippen LogP contribution in [0.25, 0.3) is 0 Å². The van der Waals surface area contributed by atoms with Crippen molar-refractivity contribution in [3.63, 3.8) is 0 Å². The molecule has 118 valence electrons. The van der Waals surface area contributed by atoms with Gasteiger partial charge in [-0.05, 0) is 18.6 Å². The molecule has 0 unspecified atom stereocenters. The summed E-state index contributed by atoms with van der Waals surface area (Å²) in [5.74, 6) is -0.0611. The van der Waals surface area contributed by atoms with E-state index < -0.39 is 10.0 Å². The van der Waals surface area contributed by atoms with Gasteiger partial charge in [-0.2, -0.15) is 0 Å². The molecule has 21 heavy (non-hydrogen) atoms. The van der Waals surface area contributed by atoms with E-state index in [1.807, 2.05) is 0 Å². The summed E-state index contributed by atoms with van der Waals surface area (Å²) in [5.41, 5.74) is 6.03. The highest BCUT2D eigenvalue weighted by Crippen LogP contribution is 2.26. The lowest BCUT2D eigenvalue weighted by atomic mass is 10.3. The van der Waals surface area contributed by atoms with E-state index in [-0.39, 0.29) is 23.8 Å². The second-order valence-electron chi connectivity index (χ2n) is 4.41. The summed E-state index contributed by atoms with van der Waals surface area (Å²) >= 11 is 0. The fraction of sp³-hybridized carbons (Fsp3) is 0.462. The zero-order valence-electron chi connectivity index (χ0n) is 12.3. The molecule has 1 aromatic rings. The third kappa shape index (κ3) is 4.33. The Balaban J connectivity index is 2.82. The van der Waals surface area contributed by atoms with Gasteiger partial charge in [0, 0.05) is 26.1 Å². The van der Waals surface area contributed by atoms with Crippen molar-refractivity contribution in [2.75, 3.05) is 33.5 Å². The van der Waals surface area contributed by atoms with Gasteiger partial charge in [0.15, 0.2) is 0 Å². The molecule has 0 radical (unpaired) electrons. The van der Waals surface area contributed by atoms with Crippen LogP contribution >= 0.6 is 0 Å². The van der Waals surface area contributed by atoms with E-state index in [0.29, 0.717) is 17.9 Å². The van der Waals surface area contributed by atoms with Crippen LogP contribution in [-0.4, -0.2) is 46.5 Å². The maximum atomic E-state index is 12.4. The van der Waals surface area contributed by atoms with Crippen molar-refractivity contribution in [1.82, 2.24) is 4.31 Å². The van der Waals surface area contributed by atoms with Gasteiger partial charge in [-0.1, -0.05) is 0 Å². The number of nitrogens with zero attached hydrogens (tertiary/aromatic N) is 1. The first-order chi connectivity index (χ1) is 9.82. The second-order valence-corrected chi connectivity index (χ2v) is 6.45. The van der Waals surface area contributed by atoms with E-state index in [0.717, 1.165) is 0 Å². The van der Waals surface area contributed by atoms with E-state index in [4.69, 9.17) is 10.5 Å². The smallest absolute Gasteiger partial charge is 0.305 e. The molecule has 0 aromatic heterocycles. The van der Waals surface area contributed by atoms with Gasteiger partial charge in [-0.3, -0.25) is 4.79 Å². The summed E-state index contributed by atoms with van der Waals surface area (Å²) in [5, 5.41) is 0. The minimum Gasteiger partial charge on any atom is -0.495 e. The Bertz CT molecular complexity index is 601. The molecule has 0 bridgehead atoms. The Morgan fingerprint density at radius 3 is 2.57 bits per heavy atom. The standard InChI is InChI=1S/C13H20N2O5S/c1-15(8-4-5-13(16)20-3)21(17,18)10-6-7-11(14)12(9-10)19-2/h6-7,9H,4-5,8,14H2,1-3H3. The van der Waals surface area contributed by atoms with Crippen LogP contribution in [0.3, 0.4) is 0 Å². The number of carbonyl (C=O) groups excluding carboxylic acids is 1. The molecule has 0 heterocycles. The number of benzene rings is 1. The van der Waals surface area contributed by atoms with Crippen LogP contribution in [0.2, 0.25) is 0 Å². The summed E-state index contributed by atoms with van der Waals surface area (Å²) in [4.78, 5) is 11.1. The Kier molecular flexibility index (Phi) is 5.98. The first kappa shape index (κ1) is 17.3. The minimum absolute atomic E-state index is 0.0918. The van der Waals surface area contributed by atoms with Crippen LogP contribution in [0.4, 0.5) is 5.69 Å². The fourth-order valence-electron chi connectivity index (χ4n) is 1.70. The lowest BCUT2D eigenvalue weighted by Gasteiger charge is -2.17. The molecule has 0 aliphatic rings. The number of hydrogen-bond acceptors (Lipinski definition) is 6. The number of nitrogen functional groups attached to an aromatic ring is 1. The summed E-state index contributed by atoms with van der Waals surface area (Å²) in [6, 6.07) is 4.28. The molecule has 0 spiro atoms. The summed E-state index contributed by atoms with van der Waals surface area (Å²) in [6.07, 6.45) is 0.552. The highest BCUT2D eigenvalue weighted by atomic mass is 32.2. The number of nitrogens with two attached hydrogens (primary N) is 1. The predicted octanol–water partition coefficient (Wildman–Crippen LogP) is 0.851. The van der Waals surface area contributed by atoms with Crippen LogP contribution in [0, 0.1) is 0 Å². The van der Waals surface area contributed by atoms with Crippen molar-refractivity contribution >= 4 is 21.7 Å². The van der Waals surface area contributed by atoms with Crippen molar-refractivity contribution in [2.24, 2.45) is 0 Å². The van der Waals surface area contributed by atoms with Gasteiger partial charge in [-0.25, -0.2) is 12.7 Å². The lowest BCUT2D eigenvalue weighted by Crippen LogP contribution is -2.28. The number of methoxy groups -OCH3 is 2. The Hall–Kier alpha value is -1.80. The van der Waals surface area contributed by atoms with Gasteiger partial charge in [0.1, 0.15) is 5.75 Å². The molecular formula is C13H20N2O5S. The predicted molar refractivity (Wildman–Crippen MR) is 78.5 cm³/mol. The monoisotopic (exact) mass is 316 g/mol. The average molecular weight is 316 g/mol. The number of hydrogen-bond donors (Lipinski definition) is 1. The molecule has 1 rings (SSSR count). The SMILES string of the molecule is COC(=O)CCCN(C)S(=O)(=O)c1ccc(N)c(OC)c1. The largest absolute Gasteiger partial charge is 0.495 e. The van der Waals surface area contributed by atoms with Gasteiger partial charge in [0.25, 0.3) is 0 Å². The van der Waals surface area contributed by atoms with Gasteiger partial charge < -0.3 is 15.2 Å². The van der Waals surface area contributed by atoms with Gasteiger partial charge in [0.05, 0.1) is 24.8 Å². The molecule has 8 heteroatoms. The van der Waals surface area contributed by atoms with Crippen molar-refractivity contribution in [3.8, 4) is 5.75 Å². The number of esters is 1. The molecule has 7 nitrogen and oxygen atoms in total. The molecule has 0 atom stereocenters. The highest BCUT2D eigenvalue weighted by Gasteiger charge is 2.21. The number of ether oxygens (including phenoxy) is 2. The molecule has 0 saturated carbocycles. The minimum atomic E-state index is -3.65. The topological polar surface area (TPSA) is 98.9 Å². The van der Waals surface area contributed by atoms with Gasteiger partial charge in [0.2, 0.25) is 10.0 Å². The Labute approximate surface area is 124 Å². The molecular weight excluding hydrogens is 296 g/mol. The third-order valence-corrected chi connectivity index (χ3v) is 4.85. The van der Waals surface area contributed by atoms with Gasteiger partial charge >= 0.3 is 5.97 Å². The van der Waals surface area contributed by atoms with Crippen LogP contribution in [0.5, 0.6) is 5.75 Å². The molecule has 0 saturated heterocycles. The van der Waals surface area contributed by atoms with Crippen molar-refractivity contribution in [2.45, 2.75) is 17.7 Å². The molecule has 0 amide bonds. The number of sulfonamides is 1. The van der Waals surface area contributed by atoms with E-state index >= 15 is 0 Å². The summed E-state index contributed by atoms with van der Waals surface area (Å²) < 4.78 is 35.4. The third-order valence-electron chi connectivity index (χ3n) is 2.99. The zero-order valence-corrected chi connectivity index (χ0v) is 13.1. The van der Waals surface area contributed by atoms with Gasteiger partial charge in [-0.15, -0.1) is 0 Å². The van der Waals surface area contributed by atoms with Crippen LogP contribution in [0.1, 0.15) is 12.8 Å². The Morgan fingerprint density at radius 2 is 2.00 bits per heavy atom. The van der Waals surface area contributed by atoms with Crippen LogP contribution in [0.15, 0.2) is 23.1 Å². The summed E-state index contributed by atoms with van der Waals surface area (Å²) in [6.45, 7) is 0.212. The maximum absolute atomic E-state index is 12.4. The molecule has 1 aromatic carbocycles. The highest BCUT2D eigenvalue weighted by molar-refractivity contribution is 7.89. The Morgan fingerprint density at radius 1 is 1.33 bits per heavy atom. The van der Waals surface area contributed by atoms with Crippen LogP contribution in [-0.2, 0) is 19.6 Å². The van der Waals surface area contributed by atoms with E-state index in [9.17, 15) is 13.2 Å².